The number of aromatic nitrogens is 2. The van der Waals surface area contributed by atoms with Crippen LogP contribution in [0.1, 0.15) is 18.3 Å². The Morgan fingerprint density at radius 3 is 2.76 bits per heavy atom. The summed E-state index contributed by atoms with van der Waals surface area (Å²) in [6.45, 7) is 4.34. The molecular formula is C15H17N2+. The maximum Gasteiger partial charge on any atom is 0.261 e. The summed E-state index contributed by atoms with van der Waals surface area (Å²) < 4.78 is 4.57. The maximum absolute atomic E-state index is 2.36. The molecule has 17 heavy (non-hydrogen) atoms. The smallest absolute Gasteiger partial charge is 0.236 e. The minimum Gasteiger partial charge on any atom is -0.236 e. The van der Waals surface area contributed by atoms with Crippen LogP contribution in [0, 0.1) is 6.92 Å². The van der Waals surface area contributed by atoms with Crippen LogP contribution in [-0.2, 0) is 13.5 Å². The van der Waals surface area contributed by atoms with Gasteiger partial charge in [-0.1, -0.05) is 18.6 Å². The van der Waals surface area contributed by atoms with Crippen molar-refractivity contribution in [3.05, 3.63) is 47.9 Å². The van der Waals surface area contributed by atoms with E-state index >= 15 is 0 Å². The van der Waals surface area contributed by atoms with Crippen LogP contribution in [0.25, 0.3) is 16.4 Å². The highest BCUT2D eigenvalue weighted by atomic mass is 15.1. The predicted molar refractivity (Wildman–Crippen MR) is 70.2 cm³/mol. The first-order valence-electron chi connectivity index (χ1n) is 6.10. The largest absolute Gasteiger partial charge is 0.261 e. The standard InChI is InChI=1S/C15H17N2/c1-4-15-16(3)10-13-7-6-12-9-11(2)5-8-14(12)17(13)15/h5-10H,4H2,1-3H3/q+1. The Hall–Kier alpha value is -1.83. The van der Waals surface area contributed by atoms with Gasteiger partial charge in [0.2, 0.25) is 0 Å². The third-order valence-corrected chi connectivity index (χ3v) is 3.42. The molecule has 0 atom stereocenters. The van der Waals surface area contributed by atoms with Gasteiger partial charge in [0.25, 0.3) is 5.82 Å². The molecule has 3 aromatic rings. The molecule has 1 aromatic carbocycles. The number of pyridine rings is 1. The summed E-state index contributed by atoms with van der Waals surface area (Å²) in [7, 11) is 2.12. The molecule has 0 aliphatic carbocycles. The molecule has 0 spiro atoms. The van der Waals surface area contributed by atoms with Gasteiger partial charge < -0.3 is 0 Å². The molecule has 2 nitrogen and oxygen atoms in total. The number of imidazole rings is 1. The van der Waals surface area contributed by atoms with Gasteiger partial charge in [-0.05, 0) is 31.2 Å². The monoisotopic (exact) mass is 225 g/mol. The van der Waals surface area contributed by atoms with E-state index in [0.29, 0.717) is 0 Å². The fourth-order valence-electron chi connectivity index (χ4n) is 2.63. The second kappa shape index (κ2) is 3.59. The van der Waals surface area contributed by atoms with Crippen LogP contribution in [0.4, 0.5) is 0 Å². The van der Waals surface area contributed by atoms with Crippen LogP contribution in [-0.4, -0.2) is 4.40 Å². The minimum atomic E-state index is 1.04. The number of rotatable bonds is 1. The van der Waals surface area contributed by atoms with Crippen molar-refractivity contribution in [1.82, 2.24) is 4.40 Å². The summed E-state index contributed by atoms with van der Waals surface area (Å²) in [5.74, 6) is 1.34. The zero-order chi connectivity index (χ0) is 12.0. The SMILES string of the molecule is CCc1n2c(ccc3cc(C)ccc32)c[n+]1C. The van der Waals surface area contributed by atoms with Crippen molar-refractivity contribution in [2.45, 2.75) is 20.3 Å². The number of fused-ring (bicyclic) bond motifs is 3. The molecule has 0 bridgehead atoms. The molecule has 0 unspecified atom stereocenters. The van der Waals surface area contributed by atoms with Crippen molar-refractivity contribution in [2.24, 2.45) is 7.05 Å². The molecule has 86 valence electrons. The summed E-state index contributed by atoms with van der Waals surface area (Å²) in [5, 5.41) is 1.31. The topological polar surface area (TPSA) is 8.29 Å². The van der Waals surface area contributed by atoms with E-state index in [1.165, 1.54) is 27.8 Å². The zero-order valence-corrected chi connectivity index (χ0v) is 10.6. The van der Waals surface area contributed by atoms with Crippen molar-refractivity contribution in [3.63, 3.8) is 0 Å². The minimum absolute atomic E-state index is 1.04. The lowest BCUT2D eigenvalue weighted by atomic mass is 10.1. The summed E-state index contributed by atoms with van der Waals surface area (Å²) in [6, 6.07) is 11.0. The average molecular weight is 225 g/mol. The van der Waals surface area contributed by atoms with E-state index in [1.807, 2.05) is 0 Å². The maximum atomic E-state index is 2.36. The third kappa shape index (κ3) is 1.44. The molecule has 0 saturated heterocycles. The van der Waals surface area contributed by atoms with Gasteiger partial charge in [0.15, 0.2) is 5.52 Å². The summed E-state index contributed by atoms with van der Waals surface area (Å²) in [5.41, 5.74) is 3.87. The Morgan fingerprint density at radius 2 is 2.00 bits per heavy atom. The van der Waals surface area contributed by atoms with Gasteiger partial charge >= 0.3 is 0 Å². The third-order valence-electron chi connectivity index (χ3n) is 3.42. The lowest BCUT2D eigenvalue weighted by Gasteiger charge is -2.00. The molecular weight excluding hydrogens is 208 g/mol. The van der Waals surface area contributed by atoms with Gasteiger partial charge in [0.05, 0.1) is 7.05 Å². The quantitative estimate of drug-likeness (QED) is 0.563. The van der Waals surface area contributed by atoms with E-state index < -0.39 is 0 Å². The lowest BCUT2D eigenvalue weighted by Crippen LogP contribution is -2.30. The van der Waals surface area contributed by atoms with Crippen LogP contribution >= 0.6 is 0 Å². The molecule has 0 radical (unpaired) electrons. The Balaban J connectivity index is 2.53. The highest BCUT2D eigenvalue weighted by molar-refractivity contribution is 5.83. The van der Waals surface area contributed by atoms with E-state index in [1.54, 1.807) is 0 Å². The van der Waals surface area contributed by atoms with Crippen LogP contribution in [0.15, 0.2) is 36.5 Å². The lowest BCUT2D eigenvalue weighted by molar-refractivity contribution is -0.677. The summed E-state index contributed by atoms with van der Waals surface area (Å²) in [4.78, 5) is 0. The van der Waals surface area contributed by atoms with Crippen molar-refractivity contribution < 1.29 is 4.57 Å². The van der Waals surface area contributed by atoms with Crippen molar-refractivity contribution >= 4 is 16.4 Å². The second-order valence-corrected chi connectivity index (χ2v) is 4.67. The van der Waals surface area contributed by atoms with Gasteiger partial charge in [0.1, 0.15) is 11.7 Å². The van der Waals surface area contributed by atoms with Gasteiger partial charge in [0, 0.05) is 11.8 Å². The average Bonchev–Trinajstić information content (AvgIpc) is 2.64. The molecule has 0 fully saturated rings. The molecule has 2 heteroatoms. The van der Waals surface area contributed by atoms with Gasteiger partial charge in [-0.25, -0.2) is 4.57 Å². The molecule has 3 rings (SSSR count). The molecule has 0 saturated carbocycles. The first kappa shape index (κ1) is 10.3. The highest BCUT2D eigenvalue weighted by Crippen LogP contribution is 2.19. The Labute approximate surface area is 101 Å². The van der Waals surface area contributed by atoms with Crippen LogP contribution in [0.3, 0.4) is 0 Å². The fraction of sp³-hybridized carbons (Fsp3) is 0.267. The van der Waals surface area contributed by atoms with E-state index in [9.17, 15) is 0 Å². The number of aryl methyl sites for hydroxylation is 3. The van der Waals surface area contributed by atoms with E-state index in [-0.39, 0.29) is 0 Å². The van der Waals surface area contributed by atoms with Crippen LogP contribution in [0.5, 0.6) is 0 Å². The molecule has 0 aliphatic rings. The van der Waals surface area contributed by atoms with E-state index in [2.05, 4.69) is 66.4 Å². The number of hydrogen-bond acceptors (Lipinski definition) is 0. The van der Waals surface area contributed by atoms with Crippen LogP contribution < -0.4 is 4.57 Å². The van der Waals surface area contributed by atoms with E-state index in [4.69, 9.17) is 0 Å². The zero-order valence-electron chi connectivity index (χ0n) is 10.6. The van der Waals surface area contributed by atoms with Crippen molar-refractivity contribution in [1.29, 1.82) is 0 Å². The number of nitrogens with zero attached hydrogens (tertiary/aromatic N) is 2. The summed E-state index contributed by atoms with van der Waals surface area (Å²) >= 11 is 0. The number of benzene rings is 1. The highest BCUT2D eigenvalue weighted by Gasteiger charge is 2.15. The molecule has 0 N–H and O–H groups in total. The van der Waals surface area contributed by atoms with Crippen molar-refractivity contribution in [2.75, 3.05) is 0 Å². The summed E-state index contributed by atoms with van der Waals surface area (Å²) in [6.07, 6.45) is 3.23. The first-order chi connectivity index (χ1) is 8.20. The molecule has 2 aromatic heterocycles. The Morgan fingerprint density at radius 1 is 1.18 bits per heavy atom. The molecule has 0 amide bonds. The van der Waals surface area contributed by atoms with Gasteiger partial charge in [-0.15, -0.1) is 0 Å². The molecule has 2 heterocycles. The molecule has 0 aliphatic heterocycles. The van der Waals surface area contributed by atoms with Crippen molar-refractivity contribution in [3.8, 4) is 0 Å². The second-order valence-electron chi connectivity index (χ2n) is 4.67. The number of hydrogen-bond donors (Lipinski definition) is 0. The van der Waals surface area contributed by atoms with Gasteiger partial charge in [-0.3, -0.25) is 0 Å². The van der Waals surface area contributed by atoms with Gasteiger partial charge in [-0.2, -0.15) is 4.40 Å². The Bertz CT molecular complexity index is 708. The normalized spacial score (nSPS) is 11.5. The fourth-order valence-corrected chi connectivity index (χ4v) is 2.63. The van der Waals surface area contributed by atoms with Crippen LogP contribution in [0.2, 0.25) is 0 Å². The van der Waals surface area contributed by atoms with E-state index in [0.717, 1.165) is 6.42 Å². The first-order valence-corrected chi connectivity index (χ1v) is 6.10. The Kier molecular flexibility index (Phi) is 2.18. The predicted octanol–water partition coefficient (Wildman–Crippen LogP) is 2.79.